The fourth-order valence-electron chi connectivity index (χ4n) is 2.66. The molecule has 0 saturated heterocycles. The lowest BCUT2D eigenvalue weighted by molar-refractivity contribution is -0.139. The van der Waals surface area contributed by atoms with E-state index in [1.165, 1.54) is 4.90 Å². The quantitative estimate of drug-likeness (QED) is 0.808. The molecule has 1 aromatic rings. The molecular formula is C19H21N3O5. The highest BCUT2D eigenvalue weighted by atomic mass is 16.6. The molecule has 1 aliphatic rings. The molecule has 1 amide bonds. The van der Waals surface area contributed by atoms with Crippen LogP contribution in [0, 0.1) is 11.3 Å². The molecule has 1 heterocycles. The van der Waals surface area contributed by atoms with Crippen LogP contribution in [0.5, 0.6) is 5.75 Å². The van der Waals surface area contributed by atoms with Crippen molar-refractivity contribution in [3.8, 4) is 11.8 Å². The first kappa shape index (κ1) is 19.8. The van der Waals surface area contributed by atoms with E-state index in [0.717, 1.165) is 0 Å². The maximum atomic E-state index is 12.6. The largest absolute Gasteiger partial charge is 0.463 e. The molecule has 0 aromatic heterocycles. The molecule has 1 aromatic carbocycles. The Labute approximate surface area is 157 Å². The number of rotatable bonds is 4. The summed E-state index contributed by atoms with van der Waals surface area (Å²) in [6, 6.07) is 8.62. The predicted molar refractivity (Wildman–Crippen MR) is 96.1 cm³/mol. The lowest BCUT2D eigenvalue weighted by atomic mass is 9.82. The number of hydrogen-bond acceptors (Lipinski definition) is 7. The number of esters is 1. The van der Waals surface area contributed by atoms with E-state index in [0.29, 0.717) is 5.56 Å². The Hall–Kier alpha value is -3.47. The van der Waals surface area contributed by atoms with Crippen LogP contribution in [-0.4, -0.2) is 37.7 Å². The van der Waals surface area contributed by atoms with Crippen LogP contribution in [0.3, 0.4) is 0 Å². The first-order chi connectivity index (χ1) is 12.8. The van der Waals surface area contributed by atoms with Gasteiger partial charge in [-0.1, -0.05) is 18.2 Å². The number of carbonyl (C=O) groups is 2. The molecule has 27 heavy (non-hydrogen) atoms. The zero-order valence-corrected chi connectivity index (χ0v) is 15.6. The van der Waals surface area contributed by atoms with Crippen molar-refractivity contribution in [2.24, 2.45) is 5.73 Å². The summed E-state index contributed by atoms with van der Waals surface area (Å²) < 4.78 is 15.9. The van der Waals surface area contributed by atoms with Crippen LogP contribution >= 0.6 is 0 Å². The van der Waals surface area contributed by atoms with Gasteiger partial charge in [0.1, 0.15) is 23.2 Å². The average Bonchev–Trinajstić information content (AvgIpc) is 2.61. The van der Waals surface area contributed by atoms with Gasteiger partial charge in [-0.25, -0.2) is 9.59 Å². The molecule has 8 heteroatoms. The van der Waals surface area contributed by atoms with Gasteiger partial charge in [0.25, 0.3) is 0 Å². The molecule has 2 N–H and O–H groups in total. The first-order valence-electron chi connectivity index (χ1n) is 8.25. The van der Waals surface area contributed by atoms with E-state index in [4.69, 9.17) is 19.9 Å². The average molecular weight is 371 g/mol. The highest BCUT2D eigenvalue weighted by Crippen LogP contribution is 2.42. The third-order valence-corrected chi connectivity index (χ3v) is 3.89. The number of nitrogens with zero attached hydrogens (tertiary/aromatic N) is 2. The summed E-state index contributed by atoms with van der Waals surface area (Å²) in [4.78, 5) is 25.8. The van der Waals surface area contributed by atoms with E-state index < -0.39 is 18.0 Å². The van der Waals surface area contributed by atoms with Gasteiger partial charge in [0.2, 0.25) is 5.88 Å². The topological polar surface area (TPSA) is 115 Å². The Morgan fingerprint density at radius 1 is 1.33 bits per heavy atom. The van der Waals surface area contributed by atoms with E-state index in [1.807, 2.05) is 6.07 Å². The van der Waals surface area contributed by atoms with Crippen molar-refractivity contribution in [3.05, 3.63) is 52.6 Å². The molecule has 142 valence electrons. The Bertz CT molecular complexity index is 864. The Balaban J connectivity index is 2.64. The Morgan fingerprint density at radius 2 is 2.00 bits per heavy atom. The summed E-state index contributed by atoms with van der Waals surface area (Å²) in [5.41, 5.74) is 6.48. The van der Waals surface area contributed by atoms with Crippen LogP contribution in [0.15, 0.2) is 47.1 Å². The minimum Gasteiger partial charge on any atom is -0.463 e. The second kappa shape index (κ2) is 8.27. The van der Waals surface area contributed by atoms with Gasteiger partial charge in [0.15, 0.2) is 0 Å². The number of allylic oxidation sites excluding steroid dienone is 2. The summed E-state index contributed by atoms with van der Waals surface area (Å²) in [6.07, 6.45) is -0.594. The molecule has 1 unspecified atom stereocenters. The van der Waals surface area contributed by atoms with E-state index >= 15 is 0 Å². The highest BCUT2D eigenvalue weighted by molar-refractivity contribution is 5.93. The predicted octanol–water partition coefficient (Wildman–Crippen LogP) is 2.39. The number of para-hydroxylation sites is 1. The summed E-state index contributed by atoms with van der Waals surface area (Å²) in [7, 11) is 3.10. The molecule has 0 aliphatic carbocycles. The lowest BCUT2D eigenvalue weighted by Crippen LogP contribution is -2.28. The minimum absolute atomic E-state index is 0.0389. The summed E-state index contributed by atoms with van der Waals surface area (Å²) in [6.45, 7) is 3.39. The van der Waals surface area contributed by atoms with E-state index in [2.05, 4.69) is 0 Å². The van der Waals surface area contributed by atoms with Crippen molar-refractivity contribution in [3.63, 3.8) is 0 Å². The van der Waals surface area contributed by atoms with Crippen LogP contribution in [0.25, 0.3) is 0 Å². The normalized spacial score (nSPS) is 16.3. The van der Waals surface area contributed by atoms with Gasteiger partial charge in [-0.15, -0.1) is 0 Å². The molecule has 8 nitrogen and oxygen atoms in total. The fourth-order valence-corrected chi connectivity index (χ4v) is 2.66. The van der Waals surface area contributed by atoms with Crippen LogP contribution in [0.4, 0.5) is 4.79 Å². The van der Waals surface area contributed by atoms with Gasteiger partial charge < -0.3 is 24.8 Å². The molecule has 2 rings (SSSR count). The summed E-state index contributed by atoms with van der Waals surface area (Å²) in [5, 5.41) is 9.61. The van der Waals surface area contributed by atoms with Crippen LogP contribution in [0.2, 0.25) is 0 Å². The monoisotopic (exact) mass is 371 g/mol. The molecule has 1 atom stereocenters. The molecule has 1 aliphatic heterocycles. The number of amides is 1. The third kappa shape index (κ3) is 4.03. The van der Waals surface area contributed by atoms with Gasteiger partial charge in [-0.05, 0) is 19.9 Å². The van der Waals surface area contributed by atoms with Gasteiger partial charge in [-0.3, -0.25) is 0 Å². The molecule has 0 radical (unpaired) electrons. The molecule has 0 fully saturated rings. The van der Waals surface area contributed by atoms with Crippen LogP contribution in [-0.2, 0) is 14.3 Å². The van der Waals surface area contributed by atoms with Gasteiger partial charge in [0, 0.05) is 19.7 Å². The van der Waals surface area contributed by atoms with Crippen molar-refractivity contribution < 1.29 is 23.8 Å². The molecular weight excluding hydrogens is 350 g/mol. The summed E-state index contributed by atoms with van der Waals surface area (Å²) in [5.74, 6) is -1.19. The number of nitriles is 1. The van der Waals surface area contributed by atoms with Gasteiger partial charge >= 0.3 is 12.1 Å². The second-order valence-electron chi connectivity index (χ2n) is 5.92. The lowest BCUT2D eigenvalue weighted by Gasteiger charge is -2.28. The fraction of sp³-hybridized carbons (Fsp3) is 0.316. The van der Waals surface area contributed by atoms with Crippen molar-refractivity contribution >= 4 is 12.1 Å². The van der Waals surface area contributed by atoms with Crippen molar-refractivity contribution in [1.29, 1.82) is 5.26 Å². The summed E-state index contributed by atoms with van der Waals surface area (Å²) >= 11 is 0. The molecule has 0 spiro atoms. The number of benzene rings is 1. The van der Waals surface area contributed by atoms with E-state index in [-0.39, 0.29) is 35.1 Å². The number of carbonyl (C=O) groups excluding carboxylic acids is 2. The molecule has 0 bridgehead atoms. The van der Waals surface area contributed by atoms with Crippen molar-refractivity contribution in [2.75, 3.05) is 20.7 Å². The van der Waals surface area contributed by atoms with Crippen molar-refractivity contribution in [1.82, 2.24) is 4.90 Å². The van der Waals surface area contributed by atoms with Crippen molar-refractivity contribution in [2.45, 2.75) is 19.8 Å². The van der Waals surface area contributed by atoms with Crippen LogP contribution < -0.4 is 10.5 Å². The van der Waals surface area contributed by atoms with Gasteiger partial charge in [-0.2, -0.15) is 5.26 Å². The van der Waals surface area contributed by atoms with Crippen LogP contribution in [0.1, 0.15) is 25.3 Å². The first-order valence-corrected chi connectivity index (χ1v) is 8.25. The second-order valence-corrected chi connectivity index (χ2v) is 5.92. The zero-order valence-electron chi connectivity index (χ0n) is 15.6. The smallest absolute Gasteiger partial charge is 0.414 e. The number of nitrogens with two attached hydrogens (primary N) is 1. The minimum atomic E-state index is -0.881. The zero-order chi connectivity index (χ0) is 20.1. The third-order valence-electron chi connectivity index (χ3n) is 3.89. The Kier molecular flexibility index (Phi) is 6.08. The van der Waals surface area contributed by atoms with E-state index in [1.54, 1.807) is 52.2 Å². The van der Waals surface area contributed by atoms with E-state index in [9.17, 15) is 14.9 Å². The molecule has 0 saturated carbocycles. The maximum absolute atomic E-state index is 12.6. The Morgan fingerprint density at radius 3 is 2.59 bits per heavy atom. The number of ether oxygens (including phenoxy) is 3. The number of hydrogen-bond donors (Lipinski definition) is 1. The van der Waals surface area contributed by atoms with Gasteiger partial charge in [0.05, 0.1) is 18.1 Å². The SMILES string of the molecule is CCOC(=O)C1=C(C)OC(N)=C(C#N)C1c1ccccc1OC(=O)N(C)C. The maximum Gasteiger partial charge on any atom is 0.414 e. The standard InChI is InChI=1S/C19H21N3O5/c1-5-25-18(23)15-11(2)26-17(21)13(10-20)16(15)12-8-6-7-9-14(12)27-19(24)22(3)4/h6-9,16H,5,21H2,1-4H3. The highest BCUT2D eigenvalue weighted by Gasteiger charge is 2.38.